The van der Waals surface area contributed by atoms with Gasteiger partial charge in [0.1, 0.15) is 22.9 Å². The molecule has 3 aromatic rings. The molecule has 4 aliphatic rings. The molecule has 2 aromatic carbocycles. The van der Waals surface area contributed by atoms with Crippen molar-refractivity contribution in [3.05, 3.63) is 59.2 Å². The highest BCUT2D eigenvalue weighted by Crippen LogP contribution is 2.58. The van der Waals surface area contributed by atoms with Crippen LogP contribution in [0, 0.1) is 23.7 Å². The minimum atomic E-state index is -1.38. The van der Waals surface area contributed by atoms with Crippen LogP contribution in [-0.2, 0) is 4.74 Å². The third kappa shape index (κ3) is 7.48. The molecule has 50 heavy (non-hydrogen) atoms. The quantitative estimate of drug-likeness (QED) is 0.0962. The molecule has 4 saturated carbocycles. The van der Waals surface area contributed by atoms with Crippen molar-refractivity contribution in [2.45, 2.75) is 58.1 Å². The van der Waals surface area contributed by atoms with E-state index in [0.29, 0.717) is 63.1 Å². The largest absolute Gasteiger partial charge is 0.507 e. The molecule has 12 heteroatoms. The van der Waals surface area contributed by atoms with Gasteiger partial charge in [-0.15, -0.1) is 12.4 Å². The van der Waals surface area contributed by atoms with Crippen LogP contribution in [0.25, 0.3) is 22.4 Å². The van der Waals surface area contributed by atoms with Crippen LogP contribution in [0.1, 0.15) is 62.9 Å². The molecule has 7 rings (SSSR count). The van der Waals surface area contributed by atoms with Gasteiger partial charge in [0.05, 0.1) is 37.1 Å². The first-order valence-electron chi connectivity index (χ1n) is 17.3. The van der Waals surface area contributed by atoms with E-state index in [0.717, 1.165) is 51.7 Å². The summed E-state index contributed by atoms with van der Waals surface area (Å²) in [6.45, 7) is 7.63. The zero-order valence-electron chi connectivity index (χ0n) is 29.1. The number of amides is 1. The predicted octanol–water partition coefficient (Wildman–Crippen LogP) is 8.20. The van der Waals surface area contributed by atoms with Crippen molar-refractivity contribution in [1.82, 2.24) is 15.2 Å². The topological polar surface area (TPSA) is 119 Å². The van der Waals surface area contributed by atoms with Gasteiger partial charge in [-0.3, -0.25) is 4.79 Å². The number of benzene rings is 2. The third-order valence-electron chi connectivity index (χ3n) is 10.7. The molecule has 1 amide bonds. The molecular formula is C38H47Cl2N3O7. The first-order chi connectivity index (χ1) is 23.7. The second kappa shape index (κ2) is 16.1. The van der Waals surface area contributed by atoms with Crippen molar-refractivity contribution in [3.63, 3.8) is 0 Å². The van der Waals surface area contributed by atoms with E-state index in [1.165, 1.54) is 6.42 Å². The fourth-order valence-corrected chi connectivity index (χ4v) is 8.73. The number of carbonyl (C=O) groups is 2. The summed E-state index contributed by atoms with van der Waals surface area (Å²) < 4.78 is 23.3. The van der Waals surface area contributed by atoms with Crippen LogP contribution >= 0.6 is 24.0 Å². The van der Waals surface area contributed by atoms with E-state index >= 15 is 0 Å². The number of pyridine rings is 1. The number of halogens is 2. The second-order valence-corrected chi connectivity index (χ2v) is 13.8. The Morgan fingerprint density at radius 1 is 0.940 bits per heavy atom. The standard InChI is InChI=1S/C38H46ClN3O7.ClH/c1-5-42(6-2)15-8-16-48-33-22-25(11-13-29(33)39)35-28(34-31(46-3)9-7-10-32(34)47-4)12-14-30(40-35)36(43)41-38(49-37(44)45)26-18-23-17-24(20-26)21-27(38)19-23;/h7,9-14,22-24,26-27H,5-6,8,15-21H2,1-4H3,(H,41,43)(H,44,45);1H. The van der Waals surface area contributed by atoms with Gasteiger partial charge in [0.15, 0.2) is 5.72 Å². The van der Waals surface area contributed by atoms with Crippen LogP contribution in [0.15, 0.2) is 48.5 Å². The molecule has 1 aromatic heterocycles. The monoisotopic (exact) mass is 727 g/mol. The molecule has 2 N–H and O–H groups in total. The Morgan fingerprint density at radius 2 is 1.58 bits per heavy atom. The Kier molecular flexibility index (Phi) is 12.1. The van der Waals surface area contributed by atoms with Crippen molar-refractivity contribution < 1.29 is 33.6 Å². The van der Waals surface area contributed by atoms with Crippen LogP contribution in [0.2, 0.25) is 5.02 Å². The van der Waals surface area contributed by atoms with E-state index in [1.807, 2.05) is 36.4 Å². The number of hydrogen-bond acceptors (Lipinski definition) is 8. The Labute approximate surface area is 305 Å². The van der Waals surface area contributed by atoms with Gasteiger partial charge in [0.25, 0.3) is 5.91 Å². The van der Waals surface area contributed by atoms with Crippen LogP contribution in [0.3, 0.4) is 0 Å². The molecule has 0 saturated heterocycles. The molecule has 4 bridgehead atoms. The summed E-state index contributed by atoms with van der Waals surface area (Å²) in [5.74, 6) is 2.11. The molecular weight excluding hydrogens is 681 g/mol. The molecule has 10 nitrogen and oxygen atoms in total. The number of carbonyl (C=O) groups excluding carboxylic acids is 1. The number of ether oxygens (including phenoxy) is 4. The summed E-state index contributed by atoms with van der Waals surface area (Å²) in [7, 11) is 3.18. The molecule has 4 aliphatic carbocycles. The Morgan fingerprint density at radius 3 is 2.16 bits per heavy atom. The molecule has 270 valence electrons. The van der Waals surface area contributed by atoms with Gasteiger partial charge in [-0.05, 0) is 99.8 Å². The summed E-state index contributed by atoms with van der Waals surface area (Å²) in [5.41, 5.74) is 1.35. The number of aromatic nitrogens is 1. The van der Waals surface area contributed by atoms with E-state index in [4.69, 9.17) is 35.5 Å². The number of methoxy groups -OCH3 is 2. The number of nitrogens with zero attached hydrogens (tertiary/aromatic N) is 2. The summed E-state index contributed by atoms with van der Waals surface area (Å²) in [6.07, 6.45) is 3.99. The van der Waals surface area contributed by atoms with Gasteiger partial charge >= 0.3 is 6.16 Å². The Balaban J connectivity index is 0.00000486. The fourth-order valence-electron chi connectivity index (χ4n) is 8.56. The molecule has 0 unspecified atom stereocenters. The summed E-state index contributed by atoms with van der Waals surface area (Å²) >= 11 is 6.62. The SMILES string of the molecule is CCN(CC)CCCOc1cc(-c2nc(C(=O)NC3(OC(=O)O)C4CC5CC(C4)CC3C5)ccc2-c2c(OC)cccc2OC)ccc1Cl.Cl. The van der Waals surface area contributed by atoms with Gasteiger partial charge in [0, 0.05) is 29.5 Å². The van der Waals surface area contributed by atoms with Crippen LogP contribution in [0.5, 0.6) is 17.2 Å². The van der Waals surface area contributed by atoms with Crippen molar-refractivity contribution in [2.24, 2.45) is 23.7 Å². The molecule has 0 atom stereocenters. The number of rotatable bonds is 14. The highest BCUT2D eigenvalue weighted by molar-refractivity contribution is 6.32. The molecule has 0 aliphatic heterocycles. The Bertz CT molecular complexity index is 1630. The first-order valence-corrected chi connectivity index (χ1v) is 17.7. The van der Waals surface area contributed by atoms with Gasteiger partial charge in [-0.1, -0.05) is 37.6 Å². The summed E-state index contributed by atoms with van der Waals surface area (Å²) in [5, 5.41) is 13.4. The maximum atomic E-state index is 14.2. The fraction of sp³-hybridized carbons (Fsp3) is 0.500. The van der Waals surface area contributed by atoms with Crippen molar-refractivity contribution in [3.8, 4) is 39.6 Å². The lowest BCUT2D eigenvalue weighted by atomic mass is 9.52. The molecule has 1 heterocycles. The van der Waals surface area contributed by atoms with Gasteiger partial charge in [0.2, 0.25) is 0 Å². The average Bonchev–Trinajstić information content (AvgIpc) is 3.10. The van der Waals surface area contributed by atoms with Gasteiger partial charge in [-0.25, -0.2) is 9.78 Å². The van der Waals surface area contributed by atoms with E-state index < -0.39 is 17.8 Å². The third-order valence-corrected chi connectivity index (χ3v) is 11.0. The van der Waals surface area contributed by atoms with Gasteiger partial charge in [-0.2, -0.15) is 0 Å². The minimum Gasteiger partial charge on any atom is -0.496 e. The van der Waals surface area contributed by atoms with Crippen LogP contribution in [-0.4, -0.2) is 73.2 Å². The van der Waals surface area contributed by atoms with Crippen LogP contribution in [0.4, 0.5) is 4.79 Å². The number of hydrogen-bond donors (Lipinski definition) is 2. The maximum Gasteiger partial charge on any atom is 0.507 e. The van der Waals surface area contributed by atoms with E-state index in [9.17, 15) is 14.7 Å². The van der Waals surface area contributed by atoms with Crippen molar-refractivity contribution in [1.29, 1.82) is 0 Å². The summed E-state index contributed by atoms with van der Waals surface area (Å²) in [6, 6.07) is 14.4. The van der Waals surface area contributed by atoms with Gasteiger partial charge < -0.3 is 34.3 Å². The maximum absolute atomic E-state index is 14.2. The summed E-state index contributed by atoms with van der Waals surface area (Å²) in [4.78, 5) is 33.5. The van der Waals surface area contributed by atoms with Crippen molar-refractivity contribution in [2.75, 3.05) is 40.5 Å². The lowest BCUT2D eigenvalue weighted by Gasteiger charge is -2.59. The zero-order valence-corrected chi connectivity index (χ0v) is 30.6. The number of carboxylic acid groups (broad SMARTS) is 1. The van der Waals surface area contributed by atoms with E-state index in [1.54, 1.807) is 26.4 Å². The molecule has 0 radical (unpaired) electrons. The lowest BCUT2D eigenvalue weighted by Crippen LogP contribution is -2.68. The Hall–Kier alpha value is -3.73. The normalized spacial score (nSPS) is 23.2. The lowest BCUT2D eigenvalue weighted by molar-refractivity contribution is -0.191. The highest BCUT2D eigenvalue weighted by atomic mass is 35.5. The zero-order chi connectivity index (χ0) is 34.7. The number of nitrogens with one attached hydrogen (secondary N) is 1. The highest BCUT2D eigenvalue weighted by Gasteiger charge is 2.61. The van der Waals surface area contributed by atoms with E-state index in [-0.39, 0.29) is 29.9 Å². The minimum absolute atomic E-state index is 0. The average molecular weight is 729 g/mol. The predicted molar refractivity (Wildman–Crippen MR) is 195 cm³/mol. The van der Waals surface area contributed by atoms with Crippen LogP contribution < -0.4 is 19.5 Å². The smallest absolute Gasteiger partial charge is 0.496 e. The molecule has 4 fully saturated rings. The van der Waals surface area contributed by atoms with Crippen molar-refractivity contribution >= 4 is 36.1 Å². The van der Waals surface area contributed by atoms with E-state index in [2.05, 4.69) is 24.1 Å². The second-order valence-electron chi connectivity index (χ2n) is 13.4. The molecule has 0 spiro atoms. The first kappa shape index (κ1) is 37.5.